The fourth-order valence-corrected chi connectivity index (χ4v) is 4.13. The van der Waals surface area contributed by atoms with Crippen molar-refractivity contribution in [1.29, 1.82) is 0 Å². The number of likely N-dealkylation sites (tertiary alicyclic amines) is 1. The first-order valence-corrected chi connectivity index (χ1v) is 9.80. The Balaban J connectivity index is 1.59. The maximum absolute atomic E-state index is 12.9. The highest BCUT2D eigenvalue weighted by atomic mass is 16.5. The molecule has 2 fully saturated rings. The number of hydrogen-bond donors (Lipinski definition) is 0. The molecule has 6 heteroatoms. The highest BCUT2D eigenvalue weighted by molar-refractivity contribution is 5.95. The molecule has 2 atom stereocenters. The van der Waals surface area contributed by atoms with Crippen molar-refractivity contribution in [2.75, 3.05) is 33.3 Å². The fourth-order valence-electron chi connectivity index (χ4n) is 4.13. The monoisotopic (exact) mass is 374 g/mol. The van der Waals surface area contributed by atoms with Gasteiger partial charge in [0, 0.05) is 44.8 Å². The van der Waals surface area contributed by atoms with E-state index in [0.717, 1.165) is 18.4 Å². The number of methoxy groups -OCH3 is 1. The van der Waals surface area contributed by atoms with E-state index < -0.39 is 0 Å². The van der Waals surface area contributed by atoms with Gasteiger partial charge in [0.25, 0.3) is 5.91 Å². The number of ether oxygens (including phenoxy) is 2. The number of piperidine rings is 1. The van der Waals surface area contributed by atoms with E-state index in [1.165, 1.54) is 0 Å². The minimum atomic E-state index is 0.000712. The lowest BCUT2D eigenvalue weighted by Crippen LogP contribution is -2.51. The van der Waals surface area contributed by atoms with Crippen LogP contribution in [0.5, 0.6) is 0 Å². The summed E-state index contributed by atoms with van der Waals surface area (Å²) in [6, 6.07) is 7.57. The Bertz CT molecular complexity index is 660. The molecule has 3 rings (SSSR count). The molecular weight excluding hydrogens is 344 g/mol. The number of benzene rings is 1. The van der Waals surface area contributed by atoms with Gasteiger partial charge in [-0.1, -0.05) is 18.2 Å². The van der Waals surface area contributed by atoms with Crippen LogP contribution in [0.2, 0.25) is 0 Å². The van der Waals surface area contributed by atoms with Gasteiger partial charge < -0.3 is 19.3 Å². The second-order valence-electron chi connectivity index (χ2n) is 7.66. The summed E-state index contributed by atoms with van der Waals surface area (Å²) in [6.45, 7) is 6.99. The fraction of sp³-hybridized carbons (Fsp3) is 0.619. The van der Waals surface area contributed by atoms with Crippen LogP contribution in [-0.4, -0.2) is 67.1 Å². The Labute approximate surface area is 161 Å². The van der Waals surface area contributed by atoms with Crippen LogP contribution in [0.1, 0.15) is 42.6 Å². The molecule has 2 saturated heterocycles. The van der Waals surface area contributed by atoms with E-state index in [1.807, 2.05) is 47.9 Å². The summed E-state index contributed by atoms with van der Waals surface area (Å²) in [5.41, 5.74) is 1.60. The zero-order valence-corrected chi connectivity index (χ0v) is 16.5. The van der Waals surface area contributed by atoms with Gasteiger partial charge in [0.05, 0.1) is 18.8 Å². The second-order valence-corrected chi connectivity index (χ2v) is 7.66. The van der Waals surface area contributed by atoms with Crippen molar-refractivity contribution in [2.24, 2.45) is 5.92 Å². The van der Waals surface area contributed by atoms with Gasteiger partial charge in [-0.2, -0.15) is 0 Å². The van der Waals surface area contributed by atoms with Crippen molar-refractivity contribution in [3.8, 4) is 0 Å². The molecule has 27 heavy (non-hydrogen) atoms. The lowest BCUT2D eigenvalue weighted by Gasteiger charge is -2.39. The predicted octanol–water partition coefficient (Wildman–Crippen LogP) is 2.32. The van der Waals surface area contributed by atoms with Crippen molar-refractivity contribution in [3.63, 3.8) is 0 Å². The number of carbonyl (C=O) groups is 2. The van der Waals surface area contributed by atoms with Crippen molar-refractivity contribution >= 4 is 11.8 Å². The van der Waals surface area contributed by atoms with Gasteiger partial charge in [-0.05, 0) is 38.3 Å². The minimum absolute atomic E-state index is 0.000712. The maximum Gasteiger partial charge on any atom is 0.254 e. The average molecular weight is 374 g/mol. The van der Waals surface area contributed by atoms with Crippen LogP contribution in [0, 0.1) is 5.92 Å². The zero-order chi connectivity index (χ0) is 19.4. The normalized spacial score (nSPS) is 24.1. The first-order chi connectivity index (χ1) is 13.0. The van der Waals surface area contributed by atoms with E-state index in [0.29, 0.717) is 38.3 Å². The van der Waals surface area contributed by atoms with Gasteiger partial charge in [0.15, 0.2) is 0 Å². The molecule has 2 aliphatic heterocycles. The third-order valence-corrected chi connectivity index (χ3v) is 5.41. The van der Waals surface area contributed by atoms with Gasteiger partial charge in [-0.3, -0.25) is 9.59 Å². The standard InChI is InChI=1S/C21H30N2O4/c1-15-12-23(13-16(2)27-15)20(24)17-8-10-22(11-9-17)21(25)19-7-5-4-6-18(19)14-26-3/h4-7,15-17H,8-14H2,1-3H3. The predicted molar refractivity (Wildman–Crippen MR) is 102 cm³/mol. The summed E-state index contributed by atoms with van der Waals surface area (Å²) in [6.07, 6.45) is 1.60. The van der Waals surface area contributed by atoms with E-state index >= 15 is 0 Å². The first kappa shape index (κ1) is 19.8. The molecule has 2 heterocycles. The molecule has 2 aliphatic rings. The van der Waals surface area contributed by atoms with Crippen LogP contribution in [0.15, 0.2) is 24.3 Å². The van der Waals surface area contributed by atoms with Crippen molar-refractivity contribution < 1.29 is 19.1 Å². The van der Waals surface area contributed by atoms with Crippen LogP contribution in [-0.2, 0) is 20.9 Å². The molecule has 2 unspecified atom stereocenters. The molecule has 1 aromatic carbocycles. The molecule has 0 saturated carbocycles. The number of rotatable bonds is 4. The molecular formula is C21H30N2O4. The summed E-state index contributed by atoms with van der Waals surface area (Å²) in [4.78, 5) is 29.6. The average Bonchev–Trinajstić information content (AvgIpc) is 2.67. The summed E-state index contributed by atoms with van der Waals surface area (Å²) < 4.78 is 10.9. The highest BCUT2D eigenvalue weighted by Crippen LogP contribution is 2.24. The third kappa shape index (κ3) is 4.68. The molecule has 0 N–H and O–H groups in total. The lowest BCUT2D eigenvalue weighted by atomic mass is 9.94. The van der Waals surface area contributed by atoms with Crippen LogP contribution >= 0.6 is 0 Å². The summed E-state index contributed by atoms with van der Waals surface area (Å²) in [5.74, 6) is 0.242. The number of nitrogens with zero attached hydrogens (tertiary/aromatic N) is 2. The number of amides is 2. The van der Waals surface area contributed by atoms with Gasteiger partial charge >= 0.3 is 0 Å². The minimum Gasteiger partial charge on any atom is -0.380 e. The van der Waals surface area contributed by atoms with E-state index in [-0.39, 0.29) is 29.9 Å². The van der Waals surface area contributed by atoms with Gasteiger partial charge in [0.1, 0.15) is 0 Å². The Morgan fingerprint density at radius 2 is 1.70 bits per heavy atom. The molecule has 0 spiro atoms. The van der Waals surface area contributed by atoms with E-state index in [2.05, 4.69) is 0 Å². The van der Waals surface area contributed by atoms with Crippen LogP contribution in [0.3, 0.4) is 0 Å². The largest absolute Gasteiger partial charge is 0.380 e. The van der Waals surface area contributed by atoms with Gasteiger partial charge in [-0.25, -0.2) is 0 Å². The zero-order valence-electron chi connectivity index (χ0n) is 16.5. The lowest BCUT2D eigenvalue weighted by molar-refractivity contribution is -0.148. The quantitative estimate of drug-likeness (QED) is 0.812. The molecule has 0 radical (unpaired) electrons. The Morgan fingerprint density at radius 3 is 2.33 bits per heavy atom. The molecule has 1 aromatic rings. The van der Waals surface area contributed by atoms with Crippen LogP contribution < -0.4 is 0 Å². The number of hydrogen-bond acceptors (Lipinski definition) is 4. The molecule has 0 bridgehead atoms. The molecule has 0 aliphatic carbocycles. The summed E-state index contributed by atoms with van der Waals surface area (Å²) in [7, 11) is 1.63. The van der Waals surface area contributed by atoms with E-state index in [9.17, 15) is 9.59 Å². The SMILES string of the molecule is COCc1ccccc1C(=O)N1CCC(C(=O)N2CC(C)OC(C)C2)CC1. The van der Waals surface area contributed by atoms with E-state index in [1.54, 1.807) is 7.11 Å². The van der Waals surface area contributed by atoms with Crippen molar-refractivity contribution in [3.05, 3.63) is 35.4 Å². The van der Waals surface area contributed by atoms with Crippen LogP contribution in [0.25, 0.3) is 0 Å². The smallest absolute Gasteiger partial charge is 0.254 e. The second kappa shape index (κ2) is 8.85. The molecule has 2 amide bonds. The van der Waals surface area contributed by atoms with Crippen molar-refractivity contribution in [1.82, 2.24) is 9.80 Å². The Morgan fingerprint density at radius 1 is 1.07 bits per heavy atom. The maximum atomic E-state index is 12.9. The Hall–Kier alpha value is -1.92. The highest BCUT2D eigenvalue weighted by Gasteiger charge is 2.34. The summed E-state index contributed by atoms with van der Waals surface area (Å²) >= 11 is 0. The Kier molecular flexibility index (Phi) is 6.50. The first-order valence-electron chi connectivity index (χ1n) is 9.80. The van der Waals surface area contributed by atoms with E-state index in [4.69, 9.17) is 9.47 Å². The van der Waals surface area contributed by atoms with Crippen LogP contribution in [0.4, 0.5) is 0 Å². The molecule has 0 aromatic heterocycles. The number of carbonyl (C=O) groups excluding carboxylic acids is 2. The molecule has 148 valence electrons. The topological polar surface area (TPSA) is 59.1 Å². The van der Waals surface area contributed by atoms with Gasteiger partial charge in [0.2, 0.25) is 5.91 Å². The molecule has 6 nitrogen and oxygen atoms in total. The third-order valence-electron chi connectivity index (χ3n) is 5.41. The number of morpholine rings is 1. The van der Waals surface area contributed by atoms with Crippen molar-refractivity contribution in [2.45, 2.75) is 45.5 Å². The summed E-state index contributed by atoms with van der Waals surface area (Å²) in [5, 5.41) is 0. The van der Waals surface area contributed by atoms with Gasteiger partial charge in [-0.15, -0.1) is 0 Å².